The van der Waals surface area contributed by atoms with Gasteiger partial charge in [0.1, 0.15) is 5.70 Å². The van der Waals surface area contributed by atoms with Gasteiger partial charge in [0, 0.05) is 13.1 Å². The van der Waals surface area contributed by atoms with E-state index in [9.17, 15) is 9.59 Å². The summed E-state index contributed by atoms with van der Waals surface area (Å²) in [5, 5.41) is 0. The van der Waals surface area contributed by atoms with Crippen molar-refractivity contribution in [3.63, 3.8) is 0 Å². The lowest BCUT2D eigenvalue weighted by molar-refractivity contribution is -0.121. The van der Waals surface area contributed by atoms with Crippen LogP contribution in [0.5, 0.6) is 0 Å². The Morgan fingerprint density at radius 2 is 1.53 bits per heavy atom. The third kappa shape index (κ3) is 3.54. The zero-order valence-corrected chi connectivity index (χ0v) is 18.1. The van der Waals surface area contributed by atoms with Crippen molar-refractivity contribution in [1.82, 2.24) is 4.90 Å². The van der Waals surface area contributed by atoms with Gasteiger partial charge in [0.15, 0.2) is 0 Å². The summed E-state index contributed by atoms with van der Waals surface area (Å²) in [7, 11) is 0. The second-order valence-electron chi connectivity index (χ2n) is 8.31. The maximum Gasteiger partial charge on any atom is 0.282 e. The molecule has 2 heterocycles. The van der Waals surface area contributed by atoms with Gasteiger partial charge in [-0.15, -0.1) is 0 Å². The molecule has 0 spiro atoms. The number of carbonyl (C=O) groups is 2. The van der Waals surface area contributed by atoms with Crippen LogP contribution in [0.4, 0.5) is 5.69 Å². The van der Waals surface area contributed by atoms with Gasteiger partial charge in [-0.3, -0.25) is 9.59 Å². The molecule has 0 N–H and O–H groups in total. The molecule has 2 aliphatic heterocycles. The molecule has 0 bridgehead atoms. The van der Waals surface area contributed by atoms with Crippen molar-refractivity contribution in [1.29, 1.82) is 0 Å². The zero-order valence-electron chi connectivity index (χ0n) is 18.1. The molecule has 1 saturated heterocycles. The second kappa shape index (κ2) is 8.07. The minimum atomic E-state index is -0.262. The van der Waals surface area contributed by atoms with Crippen LogP contribution in [0.3, 0.4) is 0 Å². The van der Waals surface area contributed by atoms with E-state index in [0.717, 1.165) is 16.7 Å². The van der Waals surface area contributed by atoms with Gasteiger partial charge in [-0.25, -0.2) is 4.90 Å². The van der Waals surface area contributed by atoms with Gasteiger partial charge in [0.25, 0.3) is 11.8 Å². The summed E-state index contributed by atoms with van der Waals surface area (Å²) < 4.78 is 5.47. The van der Waals surface area contributed by atoms with E-state index in [1.165, 1.54) is 10.5 Å². The van der Waals surface area contributed by atoms with Crippen molar-refractivity contribution < 1.29 is 14.3 Å². The molecule has 0 aromatic heterocycles. The van der Waals surface area contributed by atoms with Crippen LogP contribution in [-0.2, 0) is 14.3 Å². The maximum absolute atomic E-state index is 13.6. The monoisotopic (exact) mass is 404 g/mol. The molecular formula is C25H28N2O3. The average Bonchev–Trinajstić information content (AvgIpc) is 3.01. The Morgan fingerprint density at radius 1 is 0.867 bits per heavy atom. The lowest BCUT2D eigenvalue weighted by Gasteiger charge is -2.29. The number of carbonyl (C=O) groups excluding carboxylic acids is 2. The van der Waals surface area contributed by atoms with E-state index >= 15 is 0 Å². The van der Waals surface area contributed by atoms with Crippen molar-refractivity contribution in [3.05, 3.63) is 70.4 Å². The van der Waals surface area contributed by atoms with Gasteiger partial charge in [-0.2, -0.15) is 0 Å². The molecule has 2 amide bonds. The first-order chi connectivity index (χ1) is 14.4. The van der Waals surface area contributed by atoms with E-state index in [1.807, 2.05) is 61.2 Å². The molecule has 0 saturated carbocycles. The Bertz CT molecular complexity index is 1020. The minimum absolute atomic E-state index is 0.257. The highest BCUT2D eigenvalue weighted by atomic mass is 16.5. The lowest BCUT2D eigenvalue weighted by atomic mass is 9.99. The summed E-state index contributed by atoms with van der Waals surface area (Å²) in [4.78, 5) is 30.4. The quantitative estimate of drug-likeness (QED) is 0.722. The predicted octanol–water partition coefficient (Wildman–Crippen LogP) is 4.04. The Labute approximate surface area is 177 Å². The van der Waals surface area contributed by atoms with Crippen LogP contribution in [0.15, 0.2) is 48.2 Å². The highest BCUT2D eigenvalue weighted by Gasteiger charge is 2.42. The first kappa shape index (κ1) is 20.4. The molecule has 0 unspecified atom stereocenters. The standard InChI is InChI=1S/C25H28N2O3/c1-16(2)19-7-9-21(10-8-19)27-24(28)22(20-6-5-17(3)18(4)15-20)23(25(27)29)26-11-13-30-14-12-26/h5-10,15-16H,11-14H2,1-4H3. The molecule has 2 aromatic rings. The van der Waals surface area contributed by atoms with E-state index in [1.54, 1.807) is 0 Å². The number of benzene rings is 2. The SMILES string of the molecule is Cc1ccc(C2=C(N3CCOCC3)C(=O)N(c3ccc(C(C)C)cc3)C2=O)cc1C. The van der Waals surface area contributed by atoms with Crippen LogP contribution in [0, 0.1) is 13.8 Å². The molecule has 2 aliphatic rings. The molecule has 2 aromatic carbocycles. The molecule has 5 nitrogen and oxygen atoms in total. The normalized spacial score (nSPS) is 17.5. The first-order valence-electron chi connectivity index (χ1n) is 10.5. The van der Waals surface area contributed by atoms with Crippen molar-refractivity contribution in [2.45, 2.75) is 33.6 Å². The Morgan fingerprint density at radius 3 is 2.13 bits per heavy atom. The summed E-state index contributed by atoms with van der Waals surface area (Å²) in [5.41, 5.74) is 5.80. The van der Waals surface area contributed by atoms with Gasteiger partial charge in [-0.05, 0) is 54.2 Å². The minimum Gasteiger partial charge on any atom is -0.378 e. The summed E-state index contributed by atoms with van der Waals surface area (Å²) in [5.74, 6) is -0.133. The number of aryl methyl sites for hydroxylation is 2. The Kier molecular flexibility index (Phi) is 5.48. The first-order valence-corrected chi connectivity index (χ1v) is 10.5. The number of amides is 2. The van der Waals surface area contributed by atoms with E-state index < -0.39 is 0 Å². The Balaban J connectivity index is 1.80. The fourth-order valence-electron chi connectivity index (χ4n) is 4.00. The van der Waals surface area contributed by atoms with Crippen LogP contribution in [0.2, 0.25) is 0 Å². The molecule has 1 fully saturated rings. The van der Waals surface area contributed by atoms with E-state index in [4.69, 9.17) is 4.74 Å². The highest BCUT2D eigenvalue weighted by Crippen LogP contribution is 2.36. The fraction of sp³-hybridized carbons (Fsp3) is 0.360. The predicted molar refractivity (Wildman–Crippen MR) is 118 cm³/mol. The van der Waals surface area contributed by atoms with Crippen molar-refractivity contribution in [2.75, 3.05) is 31.2 Å². The topological polar surface area (TPSA) is 49.9 Å². The number of imide groups is 1. The van der Waals surface area contributed by atoms with E-state index in [2.05, 4.69) is 13.8 Å². The van der Waals surface area contributed by atoms with Crippen LogP contribution >= 0.6 is 0 Å². The van der Waals surface area contributed by atoms with Crippen LogP contribution in [0.1, 0.15) is 42.0 Å². The van der Waals surface area contributed by atoms with Gasteiger partial charge in [-0.1, -0.05) is 44.2 Å². The average molecular weight is 405 g/mol. The Hall–Kier alpha value is -2.92. The molecule has 5 heteroatoms. The number of hydrogen-bond acceptors (Lipinski definition) is 4. The highest BCUT2D eigenvalue weighted by molar-refractivity contribution is 6.45. The van der Waals surface area contributed by atoms with Gasteiger partial charge >= 0.3 is 0 Å². The fourth-order valence-corrected chi connectivity index (χ4v) is 4.00. The van der Waals surface area contributed by atoms with E-state index in [0.29, 0.717) is 49.2 Å². The van der Waals surface area contributed by atoms with Gasteiger partial charge in [0.05, 0.1) is 24.5 Å². The van der Waals surface area contributed by atoms with Crippen molar-refractivity contribution in [2.24, 2.45) is 0 Å². The van der Waals surface area contributed by atoms with Gasteiger partial charge in [0.2, 0.25) is 0 Å². The van der Waals surface area contributed by atoms with E-state index in [-0.39, 0.29) is 11.8 Å². The number of rotatable bonds is 4. The summed E-state index contributed by atoms with van der Waals surface area (Å²) in [6.45, 7) is 10.6. The third-order valence-electron chi connectivity index (χ3n) is 6.00. The molecule has 30 heavy (non-hydrogen) atoms. The molecule has 0 atom stereocenters. The number of nitrogens with zero attached hydrogens (tertiary/aromatic N) is 2. The van der Waals surface area contributed by atoms with Crippen LogP contribution in [0.25, 0.3) is 5.57 Å². The number of hydrogen-bond donors (Lipinski definition) is 0. The van der Waals surface area contributed by atoms with Crippen molar-refractivity contribution in [3.8, 4) is 0 Å². The smallest absolute Gasteiger partial charge is 0.282 e. The van der Waals surface area contributed by atoms with Crippen LogP contribution in [-0.4, -0.2) is 43.0 Å². The third-order valence-corrected chi connectivity index (χ3v) is 6.00. The molecule has 156 valence electrons. The lowest BCUT2D eigenvalue weighted by Crippen LogP contribution is -2.40. The van der Waals surface area contributed by atoms with Crippen molar-refractivity contribution >= 4 is 23.1 Å². The molecular weight excluding hydrogens is 376 g/mol. The molecule has 4 rings (SSSR count). The van der Waals surface area contributed by atoms with Crippen LogP contribution < -0.4 is 4.90 Å². The molecule has 0 aliphatic carbocycles. The number of anilines is 1. The summed E-state index contributed by atoms with van der Waals surface area (Å²) >= 11 is 0. The maximum atomic E-state index is 13.6. The molecule has 0 radical (unpaired) electrons. The summed E-state index contributed by atoms with van der Waals surface area (Å²) in [6, 6.07) is 13.7. The second-order valence-corrected chi connectivity index (χ2v) is 8.31. The van der Waals surface area contributed by atoms with Gasteiger partial charge < -0.3 is 9.64 Å². The number of morpholine rings is 1. The summed E-state index contributed by atoms with van der Waals surface area (Å²) in [6.07, 6.45) is 0. The zero-order chi connectivity index (χ0) is 21.4. The largest absolute Gasteiger partial charge is 0.378 e. The number of ether oxygens (including phenoxy) is 1.